The monoisotopic (exact) mass is 454 g/mol. The van der Waals surface area contributed by atoms with Crippen LogP contribution in [0.25, 0.3) is 0 Å². The molecule has 5 nitrogen and oxygen atoms in total. The minimum atomic E-state index is -0.495. The van der Waals surface area contributed by atoms with E-state index in [4.69, 9.17) is 22.1 Å². The van der Waals surface area contributed by atoms with Gasteiger partial charge in [-0.15, -0.1) is 0 Å². The molecule has 3 atom stereocenters. The molecule has 0 spiro atoms. The average Bonchev–Trinajstić information content (AvgIpc) is 3.22. The Balaban J connectivity index is 1.53. The van der Waals surface area contributed by atoms with E-state index in [-0.39, 0.29) is 24.2 Å². The van der Waals surface area contributed by atoms with Gasteiger partial charge in [-0.05, 0) is 66.8 Å². The van der Waals surface area contributed by atoms with Crippen molar-refractivity contribution in [3.05, 3.63) is 70.2 Å². The number of methoxy groups -OCH3 is 1. The maximum absolute atomic E-state index is 13.8. The topological polar surface area (TPSA) is 72.6 Å². The van der Waals surface area contributed by atoms with Crippen LogP contribution in [0.5, 0.6) is 0 Å². The highest BCUT2D eigenvalue weighted by molar-refractivity contribution is 6.30. The third kappa shape index (κ3) is 5.00. The molecule has 1 fully saturated rings. The summed E-state index contributed by atoms with van der Waals surface area (Å²) in [5, 5.41) is 0.697. The van der Waals surface area contributed by atoms with Gasteiger partial charge in [0.1, 0.15) is 0 Å². The minimum absolute atomic E-state index is 0.0164. The Morgan fingerprint density at radius 1 is 1.22 bits per heavy atom. The number of rotatable bonds is 6. The Hall–Kier alpha value is -2.37. The molecule has 1 amide bonds. The molecule has 1 saturated heterocycles. The normalized spacial score (nSPS) is 23.5. The number of likely N-dealkylation sites (tertiary alicyclic amines) is 1. The summed E-state index contributed by atoms with van der Waals surface area (Å²) in [6.07, 6.45) is 4.29. The lowest BCUT2D eigenvalue weighted by atomic mass is 9.81. The lowest BCUT2D eigenvalue weighted by Gasteiger charge is -2.42. The van der Waals surface area contributed by atoms with Crippen LogP contribution in [0.4, 0.5) is 0 Å². The molecule has 0 radical (unpaired) electrons. The molecule has 2 aromatic carbocycles. The molecule has 1 heterocycles. The van der Waals surface area contributed by atoms with Crippen molar-refractivity contribution in [2.45, 2.75) is 50.0 Å². The van der Waals surface area contributed by atoms with Crippen LogP contribution in [-0.4, -0.2) is 42.5 Å². The Kier molecular flexibility index (Phi) is 6.87. The molecule has 170 valence electrons. The van der Waals surface area contributed by atoms with Gasteiger partial charge in [0.15, 0.2) is 0 Å². The molecular formula is C26H31ClN2O3. The number of nitrogens with zero attached hydrogens (tertiary/aromatic N) is 1. The summed E-state index contributed by atoms with van der Waals surface area (Å²) in [5.74, 6) is -0.722. The van der Waals surface area contributed by atoms with Gasteiger partial charge in [-0.1, -0.05) is 48.0 Å². The van der Waals surface area contributed by atoms with Crippen molar-refractivity contribution in [1.82, 2.24) is 4.90 Å². The smallest absolute Gasteiger partial charge is 0.306 e. The molecule has 2 aliphatic rings. The highest BCUT2D eigenvalue weighted by Gasteiger charge is 2.41. The second-order valence-electron chi connectivity index (χ2n) is 9.26. The van der Waals surface area contributed by atoms with Gasteiger partial charge in [-0.2, -0.15) is 0 Å². The summed E-state index contributed by atoms with van der Waals surface area (Å²) in [5.41, 5.74) is 9.87. The third-order valence-electron chi connectivity index (χ3n) is 6.99. The predicted octanol–water partition coefficient (Wildman–Crippen LogP) is 4.11. The molecule has 0 saturated carbocycles. The zero-order valence-electron chi connectivity index (χ0n) is 18.6. The Bertz CT molecular complexity index is 977. The summed E-state index contributed by atoms with van der Waals surface area (Å²) in [7, 11) is 1.38. The first-order valence-electron chi connectivity index (χ1n) is 11.4. The molecule has 0 aromatic heterocycles. The molecule has 1 aliphatic carbocycles. The van der Waals surface area contributed by atoms with Crippen molar-refractivity contribution in [3.63, 3.8) is 0 Å². The van der Waals surface area contributed by atoms with Gasteiger partial charge in [0.05, 0.1) is 19.4 Å². The molecule has 2 aromatic rings. The number of nitrogens with two attached hydrogens (primary N) is 1. The summed E-state index contributed by atoms with van der Waals surface area (Å²) >= 11 is 6.02. The number of halogens is 1. The highest BCUT2D eigenvalue weighted by atomic mass is 35.5. The number of hydrogen-bond donors (Lipinski definition) is 1. The largest absolute Gasteiger partial charge is 0.469 e. The van der Waals surface area contributed by atoms with E-state index in [1.807, 2.05) is 41.3 Å². The van der Waals surface area contributed by atoms with E-state index in [9.17, 15) is 9.59 Å². The number of piperidine rings is 1. The van der Waals surface area contributed by atoms with Crippen molar-refractivity contribution in [3.8, 4) is 0 Å². The number of ether oxygens (including phenoxy) is 1. The van der Waals surface area contributed by atoms with Crippen LogP contribution in [-0.2, 0) is 27.2 Å². The Morgan fingerprint density at radius 3 is 2.72 bits per heavy atom. The summed E-state index contributed by atoms with van der Waals surface area (Å²) in [6, 6.07) is 16.0. The minimum Gasteiger partial charge on any atom is -0.469 e. The number of aryl methyl sites for hydroxylation is 1. The third-order valence-corrected chi connectivity index (χ3v) is 7.24. The van der Waals surface area contributed by atoms with Crippen LogP contribution in [0.3, 0.4) is 0 Å². The number of fused-ring (bicyclic) bond motifs is 1. The van der Waals surface area contributed by atoms with Crippen LogP contribution in [0.1, 0.15) is 48.3 Å². The second kappa shape index (κ2) is 9.63. The number of benzene rings is 2. The first-order chi connectivity index (χ1) is 15.4. The van der Waals surface area contributed by atoms with Gasteiger partial charge >= 0.3 is 5.97 Å². The lowest BCUT2D eigenvalue weighted by Crippen LogP contribution is -2.58. The van der Waals surface area contributed by atoms with Crippen LogP contribution in [0, 0.1) is 5.92 Å². The molecule has 0 unspecified atom stereocenters. The molecule has 0 bridgehead atoms. The van der Waals surface area contributed by atoms with E-state index in [0.29, 0.717) is 24.5 Å². The zero-order valence-corrected chi connectivity index (χ0v) is 19.3. The Morgan fingerprint density at radius 2 is 1.97 bits per heavy atom. The first-order valence-corrected chi connectivity index (χ1v) is 11.7. The SMILES string of the molecule is COC(=O)C[C@H](C(=O)N1CCC[C@@](N)(Cc2ccc(Cl)cc2)C1)[C@@H]1CCc2ccccc21. The zero-order chi connectivity index (χ0) is 22.7. The van der Waals surface area contributed by atoms with Crippen LogP contribution >= 0.6 is 11.6 Å². The Labute approximate surface area is 194 Å². The number of carbonyl (C=O) groups is 2. The maximum atomic E-state index is 13.8. The number of carbonyl (C=O) groups excluding carboxylic acids is 2. The number of hydrogen-bond acceptors (Lipinski definition) is 4. The standard InChI is InChI=1S/C26H31ClN2O3/c1-32-24(30)15-23(22-12-9-19-5-2-3-6-21(19)22)25(31)29-14-4-13-26(28,17-29)16-18-7-10-20(27)11-8-18/h2-3,5-8,10-11,22-23H,4,9,12-17,28H2,1H3/t22-,23+,26-/m1/s1. The van der Waals surface area contributed by atoms with E-state index in [0.717, 1.165) is 31.2 Å². The average molecular weight is 455 g/mol. The van der Waals surface area contributed by atoms with E-state index in [1.54, 1.807) is 0 Å². The van der Waals surface area contributed by atoms with E-state index >= 15 is 0 Å². The molecule has 1 aliphatic heterocycles. The maximum Gasteiger partial charge on any atom is 0.306 e. The van der Waals surface area contributed by atoms with Crippen LogP contribution in [0.2, 0.25) is 5.02 Å². The van der Waals surface area contributed by atoms with Gasteiger partial charge in [0.25, 0.3) is 0 Å². The molecule has 32 heavy (non-hydrogen) atoms. The van der Waals surface area contributed by atoms with Gasteiger partial charge in [-0.25, -0.2) is 0 Å². The predicted molar refractivity (Wildman–Crippen MR) is 126 cm³/mol. The molecule has 4 rings (SSSR count). The fourth-order valence-corrected chi connectivity index (χ4v) is 5.53. The second-order valence-corrected chi connectivity index (χ2v) is 9.70. The van der Waals surface area contributed by atoms with E-state index < -0.39 is 11.5 Å². The quantitative estimate of drug-likeness (QED) is 0.666. The fraction of sp³-hybridized carbons (Fsp3) is 0.462. The van der Waals surface area contributed by atoms with Crippen LogP contribution < -0.4 is 5.73 Å². The fourth-order valence-electron chi connectivity index (χ4n) is 5.41. The lowest BCUT2D eigenvalue weighted by molar-refractivity contribution is -0.148. The molecule has 2 N–H and O–H groups in total. The van der Waals surface area contributed by atoms with Gasteiger partial charge in [0.2, 0.25) is 5.91 Å². The van der Waals surface area contributed by atoms with Gasteiger partial charge < -0.3 is 15.4 Å². The van der Waals surface area contributed by atoms with Crippen molar-refractivity contribution in [2.24, 2.45) is 11.7 Å². The van der Waals surface area contributed by atoms with Gasteiger partial charge in [-0.3, -0.25) is 9.59 Å². The molecule has 6 heteroatoms. The van der Waals surface area contributed by atoms with Crippen molar-refractivity contribution in [1.29, 1.82) is 0 Å². The number of amides is 1. The van der Waals surface area contributed by atoms with E-state index in [2.05, 4.69) is 12.1 Å². The molecular weight excluding hydrogens is 424 g/mol. The summed E-state index contributed by atoms with van der Waals surface area (Å²) < 4.78 is 4.95. The summed E-state index contributed by atoms with van der Waals surface area (Å²) in [6.45, 7) is 1.16. The van der Waals surface area contributed by atoms with Crippen molar-refractivity contribution < 1.29 is 14.3 Å². The van der Waals surface area contributed by atoms with Crippen molar-refractivity contribution in [2.75, 3.05) is 20.2 Å². The van der Waals surface area contributed by atoms with E-state index in [1.165, 1.54) is 18.2 Å². The van der Waals surface area contributed by atoms with Crippen molar-refractivity contribution >= 4 is 23.5 Å². The summed E-state index contributed by atoms with van der Waals surface area (Å²) in [4.78, 5) is 27.9. The van der Waals surface area contributed by atoms with Gasteiger partial charge in [0, 0.05) is 23.7 Å². The highest BCUT2D eigenvalue weighted by Crippen LogP contribution is 2.41. The van der Waals surface area contributed by atoms with Crippen LogP contribution in [0.15, 0.2) is 48.5 Å². The number of esters is 1. The first kappa shape index (κ1) is 22.8.